The van der Waals surface area contributed by atoms with Crippen LogP contribution in [0, 0.1) is 0 Å². The number of carbonyl (C=O) groups is 1. The molecule has 4 heteroatoms. The average molecular weight is 241 g/mol. The molecular formula is C13H27N3O. The second-order valence-corrected chi connectivity index (χ2v) is 6.09. The third-order valence-electron chi connectivity index (χ3n) is 3.46. The van der Waals surface area contributed by atoms with Crippen LogP contribution < -0.4 is 5.73 Å². The molecule has 0 bridgehead atoms. The molecule has 4 nitrogen and oxygen atoms in total. The number of hydrogen-bond acceptors (Lipinski definition) is 3. The van der Waals surface area contributed by atoms with Crippen molar-refractivity contribution in [2.75, 3.05) is 27.2 Å². The van der Waals surface area contributed by atoms with Crippen molar-refractivity contribution in [1.82, 2.24) is 9.80 Å². The van der Waals surface area contributed by atoms with E-state index in [1.807, 2.05) is 18.7 Å². The van der Waals surface area contributed by atoms with Gasteiger partial charge >= 0.3 is 0 Å². The zero-order chi connectivity index (χ0) is 13.1. The van der Waals surface area contributed by atoms with Crippen LogP contribution in [0.25, 0.3) is 0 Å². The van der Waals surface area contributed by atoms with Crippen molar-refractivity contribution in [3.05, 3.63) is 0 Å². The number of piperidine rings is 1. The maximum atomic E-state index is 12.1. The van der Waals surface area contributed by atoms with E-state index in [0.29, 0.717) is 12.5 Å². The standard InChI is InChI=1S/C13H27N3O/c1-13(2,14)8-7-12(17)16-9-5-6-11(10-16)15(3)4/h11H,5-10,14H2,1-4H3. The molecule has 0 spiro atoms. The molecule has 1 aliphatic rings. The largest absolute Gasteiger partial charge is 0.341 e. The zero-order valence-electron chi connectivity index (χ0n) is 11.7. The molecule has 1 rings (SSSR count). The lowest BCUT2D eigenvalue weighted by Crippen LogP contribution is -2.48. The molecule has 0 aliphatic carbocycles. The fourth-order valence-electron chi connectivity index (χ4n) is 2.19. The van der Waals surface area contributed by atoms with E-state index in [0.717, 1.165) is 25.9 Å². The maximum Gasteiger partial charge on any atom is 0.222 e. The highest BCUT2D eigenvalue weighted by atomic mass is 16.2. The molecule has 0 saturated carbocycles. The van der Waals surface area contributed by atoms with Gasteiger partial charge in [-0.2, -0.15) is 0 Å². The summed E-state index contributed by atoms with van der Waals surface area (Å²) < 4.78 is 0. The van der Waals surface area contributed by atoms with E-state index < -0.39 is 0 Å². The van der Waals surface area contributed by atoms with E-state index in [1.165, 1.54) is 6.42 Å². The van der Waals surface area contributed by atoms with Crippen molar-refractivity contribution in [2.24, 2.45) is 5.73 Å². The first-order valence-corrected chi connectivity index (χ1v) is 6.53. The Labute approximate surface area is 105 Å². The molecule has 0 radical (unpaired) electrons. The Balaban J connectivity index is 2.41. The normalized spacial score (nSPS) is 22.0. The predicted molar refractivity (Wildman–Crippen MR) is 70.8 cm³/mol. The molecule has 1 heterocycles. The molecular weight excluding hydrogens is 214 g/mol. The van der Waals surface area contributed by atoms with E-state index in [4.69, 9.17) is 5.73 Å². The molecule has 17 heavy (non-hydrogen) atoms. The minimum absolute atomic E-state index is 0.244. The van der Waals surface area contributed by atoms with Gasteiger partial charge in [0, 0.05) is 31.1 Å². The Morgan fingerprint density at radius 1 is 1.47 bits per heavy atom. The third-order valence-corrected chi connectivity index (χ3v) is 3.46. The van der Waals surface area contributed by atoms with Gasteiger partial charge < -0.3 is 15.5 Å². The Morgan fingerprint density at radius 2 is 2.12 bits per heavy atom. The monoisotopic (exact) mass is 241 g/mol. The molecule has 100 valence electrons. The van der Waals surface area contributed by atoms with Gasteiger partial charge in [0.25, 0.3) is 0 Å². The molecule has 0 aromatic carbocycles. The van der Waals surface area contributed by atoms with Gasteiger partial charge in [0.1, 0.15) is 0 Å². The summed E-state index contributed by atoms with van der Waals surface area (Å²) in [6.07, 6.45) is 3.64. The van der Waals surface area contributed by atoms with Gasteiger partial charge in [-0.05, 0) is 47.2 Å². The van der Waals surface area contributed by atoms with Crippen molar-refractivity contribution < 1.29 is 4.79 Å². The fourth-order valence-corrected chi connectivity index (χ4v) is 2.19. The Kier molecular flexibility index (Phi) is 4.95. The van der Waals surface area contributed by atoms with Crippen LogP contribution in [0.5, 0.6) is 0 Å². The van der Waals surface area contributed by atoms with Crippen LogP contribution in [-0.2, 0) is 4.79 Å². The first-order chi connectivity index (χ1) is 7.79. The minimum atomic E-state index is -0.244. The van der Waals surface area contributed by atoms with Crippen molar-refractivity contribution in [2.45, 2.75) is 51.1 Å². The number of amides is 1. The van der Waals surface area contributed by atoms with Crippen molar-refractivity contribution >= 4 is 5.91 Å². The van der Waals surface area contributed by atoms with Crippen LogP contribution in [0.3, 0.4) is 0 Å². The third kappa shape index (κ3) is 5.04. The van der Waals surface area contributed by atoms with Crippen LogP contribution in [0.4, 0.5) is 0 Å². The highest BCUT2D eigenvalue weighted by Gasteiger charge is 2.25. The highest BCUT2D eigenvalue weighted by Crippen LogP contribution is 2.16. The van der Waals surface area contributed by atoms with Gasteiger partial charge in [-0.1, -0.05) is 0 Å². The maximum absolute atomic E-state index is 12.1. The lowest BCUT2D eigenvalue weighted by Gasteiger charge is -2.36. The summed E-state index contributed by atoms with van der Waals surface area (Å²) in [4.78, 5) is 16.3. The summed E-state index contributed by atoms with van der Waals surface area (Å²) in [5.41, 5.74) is 5.67. The van der Waals surface area contributed by atoms with Gasteiger partial charge in [-0.15, -0.1) is 0 Å². The Bertz CT molecular complexity index is 258. The Morgan fingerprint density at radius 3 is 2.65 bits per heavy atom. The van der Waals surface area contributed by atoms with E-state index in [-0.39, 0.29) is 11.4 Å². The lowest BCUT2D eigenvalue weighted by molar-refractivity contribution is -0.133. The van der Waals surface area contributed by atoms with Gasteiger partial charge in [-0.3, -0.25) is 4.79 Å². The van der Waals surface area contributed by atoms with Gasteiger partial charge in [0.05, 0.1) is 0 Å². The topological polar surface area (TPSA) is 49.6 Å². The smallest absolute Gasteiger partial charge is 0.222 e. The summed E-state index contributed by atoms with van der Waals surface area (Å²) in [5.74, 6) is 0.259. The minimum Gasteiger partial charge on any atom is -0.341 e. The van der Waals surface area contributed by atoms with Crippen LogP contribution in [-0.4, -0.2) is 54.5 Å². The van der Waals surface area contributed by atoms with Crippen LogP contribution in [0.15, 0.2) is 0 Å². The predicted octanol–water partition coefficient (Wildman–Crippen LogP) is 1.06. The second kappa shape index (κ2) is 5.83. The molecule has 2 N–H and O–H groups in total. The summed E-state index contributed by atoms with van der Waals surface area (Å²) in [6, 6.07) is 0.513. The van der Waals surface area contributed by atoms with E-state index >= 15 is 0 Å². The molecule has 1 aliphatic heterocycles. The van der Waals surface area contributed by atoms with Crippen molar-refractivity contribution in [3.8, 4) is 0 Å². The summed E-state index contributed by atoms with van der Waals surface area (Å²) in [5, 5.41) is 0. The number of carbonyl (C=O) groups excluding carboxylic acids is 1. The van der Waals surface area contributed by atoms with E-state index in [1.54, 1.807) is 0 Å². The summed E-state index contributed by atoms with van der Waals surface area (Å²) in [7, 11) is 4.17. The summed E-state index contributed by atoms with van der Waals surface area (Å²) in [6.45, 7) is 5.73. The van der Waals surface area contributed by atoms with E-state index in [2.05, 4.69) is 19.0 Å². The average Bonchev–Trinajstić information content (AvgIpc) is 2.25. The quantitative estimate of drug-likeness (QED) is 0.800. The fraction of sp³-hybridized carbons (Fsp3) is 0.923. The number of likely N-dealkylation sites (N-methyl/N-ethyl adjacent to an activating group) is 1. The molecule has 0 aromatic heterocycles. The number of nitrogens with zero attached hydrogens (tertiary/aromatic N) is 2. The number of likely N-dealkylation sites (tertiary alicyclic amines) is 1. The van der Waals surface area contributed by atoms with Crippen LogP contribution in [0.1, 0.15) is 39.5 Å². The molecule has 1 fully saturated rings. The lowest BCUT2D eigenvalue weighted by atomic mass is 9.98. The number of rotatable bonds is 4. The van der Waals surface area contributed by atoms with Crippen molar-refractivity contribution in [3.63, 3.8) is 0 Å². The van der Waals surface area contributed by atoms with Gasteiger partial charge in [-0.25, -0.2) is 0 Å². The Hall–Kier alpha value is -0.610. The molecule has 1 unspecified atom stereocenters. The van der Waals surface area contributed by atoms with Crippen LogP contribution in [0.2, 0.25) is 0 Å². The first kappa shape index (κ1) is 14.5. The zero-order valence-corrected chi connectivity index (χ0v) is 11.7. The second-order valence-electron chi connectivity index (χ2n) is 6.09. The van der Waals surface area contributed by atoms with Crippen molar-refractivity contribution in [1.29, 1.82) is 0 Å². The van der Waals surface area contributed by atoms with Gasteiger partial charge in [0.15, 0.2) is 0 Å². The SMILES string of the molecule is CN(C)C1CCCN(C(=O)CCC(C)(C)N)C1. The molecule has 1 amide bonds. The van der Waals surface area contributed by atoms with Gasteiger partial charge in [0.2, 0.25) is 5.91 Å². The first-order valence-electron chi connectivity index (χ1n) is 6.53. The number of hydrogen-bond donors (Lipinski definition) is 1. The molecule has 0 aromatic rings. The number of nitrogens with two attached hydrogens (primary N) is 1. The van der Waals surface area contributed by atoms with Crippen LogP contribution >= 0.6 is 0 Å². The summed E-state index contributed by atoms with van der Waals surface area (Å²) >= 11 is 0. The van der Waals surface area contributed by atoms with E-state index in [9.17, 15) is 4.79 Å². The highest BCUT2D eigenvalue weighted by molar-refractivity contribution is 5.76. The molecule has 1 atom stereocenters. The molecule has 1 saturated heterocycles.